The number of piperazine rings is 1. The number of hydrogen-bond donors (Lipinski definition) is 1. The molecule has 1 fully saturated rings. The number of rotatable bonds is 6. The van der Waals surface area contributed by atoms with Crippen LogP contribution in [0.1, 0.15) is 37.8 Å². The third kappa shape index (κ3) is 3.91. The van der Waals surface area contributed by atoms with Crippen molar-refractivity contribution in [2.75, 3.05) is 33.3 Å². The summed E-state index contributed by atoms with van der Waals surface area (Å²) in [4.78, 5) is 6.94. The van der Waals surface area contributed by atoms with Crippen molar-refractivity contribution in [1.29, 1.82) is 0 Å². The SMILES string of the molecule is CCCC[C@@H](c1ccc(OC)nc1)N1CCNCC1. The molecule has 0 radical (unpaired) electrons. The van der Waals surface area contributed by atoms with Gasteiger partial charge in [0, 0.05) is 44.5 Å². The Hall–Kier alpha value is -1.13. The van der Waals surface area contributed by atoms with E-state index >= 15 is 0 Å². The van der Waals surface area contributed by atoms with Gasteiger partial charge in [0.25, 0.3) is 0 Å². The monoisotopic (exact) mass is 263 g/mol. The van der Waals surface area contributed by atoms with Gasteiger partial charge in [0.2, 0.25) is 5.88 Å². The lowest BCUT2D eigenvalue weighted by molar-refractivity contribution is 0.163. The van der Waals surface area contributed by atoms with Crippen molar-refractivity contribution in [3.63, 3.8) is 0 Å². The van der Waals surface area contributed by atoms with Crippen LogP contribution >= 0.6 is 0 Å². The van der Waals surface area contributed by atoms with Gasteiger partial charge >= 0.3 is 0 Å². The molecule has 1 saturated heterocycles. The fourth-order valence-electron chi connectivity index (χ4n) is 2.66. The maximum absolute atomic E-state index is 5.14. The van der Waals surface area contributed by atoms with E-state index in [4.69, 9.17) is 4.74 Å². The van der Waals surface area contributed by atoms with Gasteiger partial charge < -0.3 is 10.1 Å². The number of hydrogen-bond acceptors (Lipinski definition) is 4. The Morgan fingerprint density at radius 1 is 1.37 bits per heavy atom. The summed E-state index contributed by atoms with van der Waals surface area (Å²) in [6.45, 7) is 6.68. The molecule has 1 N–H and O–H groups in total. The van der Waals surface area contributed by atoms with Crippen molar-refractivity contribution in [3.05, 3.63) is 23.9 Å². The van der Waals surface area contributed by atoms with E-state index < -0.39 is 0 Å². The molecule has 106 valence electrons. The van der Waals surface area contributed by atoms with Gasteiger partial charge in [0.1, 0.15) is 0 Å². The standard InChI is InChI=1S/C15H25N3O/c1-3-4-5-14(18-10-8-16-9-11-18)13-6-7-15(19-2)17-12-13/h6-7,12,14,16H,3-5,8-11H2,1-2H3/t14-/m0/s1. The lowest BCUT2D eigenvalue weighted by Crippen LogP contribution is -2.45. The normalized spacial score (nSPS) is 18.2. The zero-order valence-electron chi connectivity index (χ0n) is 12.1. The molecule has 1 aliphatic heterocycles. The summed E-state index contributed by atoms with van der Waals surface area (Å²) in [7, 11) is 1.66. The Balaban J connectivity index is 2.10. The molecule has 0 amide bonds. The van der Waals surface area contributed by atoms with Gasteiger partial charge in [0.15, 0.2) is 0 Å². The number of pyridine rings is 1. The number of aromatic nitrogens is 1. The predicted octanol–water partition coefficient (Wildman–Crippen LogP) is 2.23. The molecule has 0 spiro atoms. The molecule has 4 heteroatoms. The fraction of sp³-hybridized carbons (Fsp3) is 0.667. The van der Waals surface area contributed by atoms with Crippen LogP contribution in [-0.4, -0.2) is 43.2 Å². The molecule has 2 heterocycles. The van der Waals surface area contributed by atoms with Crippen LogP contribution in [0.2, 0.25) is 0 Å². The van der Waals surface area contributed by atoms with Crippen molar-refractivity contribution >= 4 is 0 Å². The van der Waals surface area contributed by atoms with Crippen molar-refractivity contribution in [2.45, 2.75) is 32.2 Å². The lowest BCUT2D eigenvalue weighted by atomic mass is 10.0. The zero-order valence-corrected chi connectivity index (χ0v) is 12.1. The zero-order chi connectivity index (χ0) is 13.5. The second kappa shape index (κ2) is 7.46. The number of ether oxygens (including phenoxy) is 1. The average Bonchev–Trinajstić information content (AvgIpc) is 2.49. The maximum atomic E-state index is 5.14. The Bertz CT molecular complexity index is 360. The molecular weight excluding hydrogens is 238 g/mol. The van der Waals surface area contributed by atoms with E-state index in [1.807, 2.05) is 12.3 Å². The summed E-state index contributed by atoms with van der Waals surface area (Å²) in [5, 5.41) is 3.42. The Morgan fingerprint density at radius 2 is 2.16 bits per heavy atom. The molecule has 0 bridgehead atoms. The van der Waals surface area contributed by atoms with Crippen molar-refractivity contribution < 1.29 is 4.74 Å². The van der Waals surface area contributed by atoms with E-state index in [0.29, 0.717) is 11.9 Å². The van der Waals surface area contributed by atoms with E-state index in [-0.39, 0.29) is 0 Å². The summed E-state index contributed by atoms with van der Waals surface area (Å²) in [6, 6.07) is 4.63. The molecular formula is C15H25N3O. The van der Waals surface area contributed by atoms with Gasteiger partial charge in [-0.25, -0.2) is 4.98 Å². The second-order valence-corrected chi connectivity index (χ2v) is 5.08. The molecule has 0 saturated carbocycles. The van der Waals surface area contributed by atoms with E-state index in [1.165, 1.54) is 24.8 Å². The molecule has 19 heavy (non-hydrogen) atoms. The summed E-state index contributed by atoms with van der Waals surface area (Å²) in [5.74, 6) is 0.693. The number of nitrogens with one attached hydrogen (secondary N) is 1. The van der Waals surface area contributed by atoms with Gasteiger partial charge in [-0.3, -0.25) is 4.90 Å². The largest absolute Gasteiger partial charge is 0.481 e. The van der Waals surface area contributed by atoms with E-state index in [1.54, 1.807) is 7.11 Å². The van der Waals surface area contributed by atoms with Gasteiger partial charge in [-0.15, -0.1) is 0 Å². The van der Waals surface area contributed by atoms with Crippen LogP contribution in [-0.2, 0) is 0 Å². The minimum atomic E-state index is 0.500. The van der Waals surface area contributed by atoms with Crippen LogP contribution in [0.3, 0.4) is 0 Å². The van der Waals surface area contributed by atoms with Crippen LogP contribution < -0.4 is 10.1 Å². The van der Waals surface area contributed by atoms with Crippen LogP contribution in [0.5, 0.6) is 5.88 Å². The van der Waals surface area contributed by atoms with E-state index in [9.17, 15) is 0 Å². The van der Waals surface area contributed by atoms with Crippen molar-refractivity contribution in [3.8, 4) is 5.88 Å². The average molecular weight is 263 g/mol. The fourth-order valence-corrected chi connectivity index (χ4v) is 2.66. The van der Waals surface area contributed by atoms with Gasteiger partial charge in [-0.2, -0.15) is 0 Å². The molecule has 0 aromatic carbocycles. The van der Waals surface area contributed by atoms with Crippen LogP contribution in [0, 0.1) is 0 Å². The third-order valence-electron chi connectivity index (χ3n) is 3.78. The minimum Gasteiger partial charge on any atom is -0.481 e. The predicted molar refractivity (Wildman–Crippen MR) is 77.5 cm³/mol. The van der Waals surface area contributed by atoms with Crippen molar-refractivity contribution in [2.24, 2.45) is 0 Å². The molecule has 1 aromatic heterocycles. The first-order valence-electron chi connectivity index (χ1n) is 7.30. The van der Waals surface area contributed by atoms with Crippen LogP contribution in [0.4, 0.5) is 0 Å². The van der Waals surface area contributed by atoms with Gasteiger partial charge in [0.05, 0.1) is 7.11 Å². The Labute approximate surface area is 116 Å². The smallest absolute Gasteiger partial charge is 0.212 e. The molecule has 1 aliphatic rings. The number of methoxy groups -OCH3 is 1. The third-order valence-corrected chi connectivity index (χ3v) is 3.78. The summed E-state index contributed by atoms with van der Waals surface area (Å²) in [6.07, 6.45) is 5.69. The van der Waals surface area contributed by atoms with Crippen LogP contribution in [0.15, 0.2) is 18.3 Å². The quantitative estimate of drug-likeness (QED) is 0.854. The Kier molecular flexibility index (Phi) is 5.61. The van der Waals surface area contributed by atoms with Crippen LogP contribution in [0.25, 0.3) is 0 Å². The maximum Gasteiger partial charge on any atom is 0.212 e. The first kappa shape index (κ1) is 14.3. The number of unbranched alkanes of at least 4 members (excludes halogenated alkanes) is 1. The first-order valence-corrected chi connectivity index (χ1v) is 7.30. The molecule has 4 nitrogen and oxygen atoms in total. The Morgan fingerprint density at radius 3 is 2.74 bits per heavy atom. The molecule has 0 aliphatic carbocycles. The minimum absolute atomic E-state index is 0.500. The molecule has 0 unspecified atom stereocenters. The van der Waals surface area contributed by atoms with Crippen molar-refractivity contribution in [1.82, 2.24) is 15.2 Å². The lowest BCUT2D eigenvalue weighted by Gasteiger charge is -2.35. The molecule has 1 aromatic rings. The first-order chi connectivity index (χ1) is 9.35. The van der Waals surface area contributed by atoms with Gasteiger partial charge in [-0.05, 0) is 12.0 Å². The highest BCUT2D eigenvalue weighted by Crippen LogP contribution is 2.27. The van der Waals surface area contributed by atoms with E-state index in [0.717, 1.165) is 26.2 Å². The summed E-state index contributed by atoms with van der Waals surface area (Å²) in [5.41, 5.74) is 1.32. The van der Waals surface area contributed by atoms with Gasteiger partial charge in [-0.1, -0.05) is 25.8 Å². The number of nitrogens with zero attached hydrogens (tertiary/aromatic N) is 2. The van der Waals surface area contributed by atoms with E-state index in [2.05, 4.69) is 28.2 Å². The summed E-state index contributed by atoms with van der Waals surface area (Å²) >= 11 is 0. The topological polar surface area (TPSA) is 37.4 Å². The summed E-state index contributed by atoms with van der Waals surface area (Å²) < 4.78 is 5.14. The highest BCUT2D eigenvalue weighted by Gasteiger charge is 2.21. The molecule has 1 atom stereocenters. The highest BCUT2D eigenvalue weighted by atomic mass is 16.5. The molecule has 2 rings (SSSR count). The highest BCUT2D eigenvalue weighted by molar-refractivity contribution is 5.21. The second-order valence-electron chi connectivity index (χ2n) is 5.08.